The molecular formula is C26H22F4N6O2S. The van der Waals surface area contributed by atoms with E-state index >= 15 is 0 Å². The van der Waals surface area contributed by atoms with Gasteiger partial charge in [0.2, 0.25) is 0 Å². The summed E-state index contributed by atoms with van der Waals surface area (Å²) in [6.07, 6.45) is -2.00. The first-order valence-corrected chi connectivity index (χ1v) is 12.4. The van der Waals surface area contributed by atoms with Crippen LogP contribution >= 0.6 is 11.8 Å². The van der Waals surface area contributed by atoms with Crippen LogP contribution in [0.3, 0.4) is 0 Å². The van der Waals surface area contributed by atoms with Gasteiger partial charge in [-0.05, 0) is 48.9 Å². The monoisotopic (exact) mass is 558 g/mol. The van der Waals surface area contributed by atoms with Crippen molar-refractivity contribution in [1.29, 1.82) is 0 Å². The van der Waals surface area contributed by atoms with Crippen LogP contribution in [0.2, 0.25) is 0 Å². The van der Waals surface area contributed by atoms with Crippen molar-refractivity contribution >= 4 is 46.7 Å². The van der Waals surface area contributed by atoms with Crippen molar-refractivity contribution in [3.8, 4) is 11.5 Å². The zero-order chi connectivity index (χ0) is 27.8. The number of halogens is 4. The largest absolute Gasteiger partial charge is 0.573 e. The Balaban J connectivity index is 1.43. The molecule has 0 saturated carbocycles. The van der Waals surface area contributed by atoms with E-state index in [4.69, 9.17) is 5.73 Å². The molecule has 39 heavy (non-hydrogen) atoms. The number of rotatable bonds is 8. The van der Waals surface area contributed by atoms with Crippen molar-refractivity contribution in [3.05, 3.63) is 83.9 Å². The Morgan fingerprint density at radius 2 is 1.77 bits per heavy atom. The molecule has 3 aromatic rings. The van der Waals surface area contributed by atoms with Crippen LogP contribution in [0.1, 0.15) is 18.1 Å². The number of hydrogen-bond donors (Lipinski definition) is 1. The molecule has 202 valence electrons. The van der Waals surface area contributed by atoms with E-state index in [0.29, 0.717) is 22.2 Å². The van der Waals surface area contributed by atoms with Gasteiger partial charge in [-0.1, -0.05) is 48.2 Å². The molecule has 1 aliphatic rings. The molecule has 1 saturated heterocycles. The lowest BCUT2D eigenvalue weighted by Crippen LogP contribution is -2.32. The second-order valence-electron chi connectivity index (χ2n) is 8.12. The summed E-state index contributed by atoms with van der Waals surface area (Å²) in [5.74, 6) is 0.628. The molecule has 0 spiro atoms. The van der Waals surface area contributed by atoms with Crippen molar-refractivity contribution in [2.45, 2.75) is 19.3 Å². The first-order chi connectivity index (χ1) is 18.7. The maximum atomic E-state index is 12.9. The van der Waals surface area contributed by atoms with Crippen LogP contribution in [0, 0.1) is 0 Å². The smallest absolute Gasteiger partial charge is 0.404 e. The number of hydrogen-bond acceptors (Lipinski definition) is 6. The first kappa shape index (κ1) is 27.6. The van der Waals surface area contributed by atoms with Crippen molar-refractivity contribution in [2.24, 2.45) is 25.9 Å². The lowest BCUT2D eigenvalue weighted by atomic mass is 10.1. The summed E-state index contributed by atoms with van der Waals surface area (Å²) in [5, 5.41) is 8.83. The topological polar surface area (TPSA) is 97.2 Å². The second kappa shape index (κ2) is 12.4. The highest BCUT2D eigenvalue weighted by Crippen LogP contribution is 2.38. The first-order valence-electron chi connectivity index (χ1n) is 11.5. The van der Waals surface area contributed by atoms with Crippen molar-refractivity contribution < 1.29 is 27.4 Å². The number of aliphatic imine (C=N–C) groups is 2. The number of alkyl halides is 3. The number of thioether (sulfide) groups is 1. The number of nitrogens with zero attached hydrogens (tertiary/aromatic N) is 5. The zero-order valence-corrected chi connectivity index (χ0v) is 21.2. The summed E-state index contributed by atoms with van der Waals surface area (Å²) in [6, 6.07) is 18.8. The lowest BCUT2D eigenvalue weighted by Gasteiger charge is -2.25. The number of ether oxygens (including phenoxy) is 1. The number of amidine groups is 2. The highest BCUT2D eigenvalue weighted by atomic mass is 32.2. The fourth-order valence-corrected chi connectivity index (χ4v) is 4.57. The third-order valence-corrected chi connectivity index (χ3v) is 6.52. The van der Waals surface area contributed by atoms with E-state index in [1.807, 2.05) is 6.92 Å². The van der Waals surface area contributed by atoms with E-state index in [1.165, 1.54) is 48.6 Å². The molecule has 0 bridgehead atoms. The van der Waals surface area contributed by atoms with Gasteiger partial charge in [0.1, 0.15) is 12.2 Å². The number of benzene rings is 3. The van der Waals surface area contributed by atoms with E-state index in [9.17, 15) is 17.7 Å². The van der Waals surface area contributed by atoms with E-state index in [-0.39, 0.29) is 29.1 Å². The van der Waals surface area contributed by atoms with Gasteiger partial charge in [0, 0.05) is 21.9 Å². The van der Waals surface area contributed by atoms with Crippen LogP contribution < -0.4 is 20.3 Å². The minimum absolute atomic E-state index is 0.0711. The molecule has 0 aromatic heterocycles. The molecule has 1 unspecified atom stereocenters. The van der Waals surface area contributed by atoms with E-state index < -0.39 is 6.36 Å². The van der Waals surface area contributed by atoms with Gasteiger partial charge >= 0.3 is 6.36 Å². The average molecular weight is 559 g/mol. The second-order valence-corrected chi connectivity index (χ2v) is 9.11. The fourth-order valence-electron chi connectivity index (χ4n) is 3.51. The molecule has 8 nitrogen and oxygen atoms in total. The minimum atomic E-state index is -4.81. The van der Waals surface area contributed by atoms with Gasteiger partial charge in [-0.3, -0.25) is 4.94 Å². The Bertz CT molecular complexity index is 1390. The molecule has 1 fully saturated rings. The highest BCUT2D eigenvalue weighted by molar-refractivity contribution is 8.14. The van der Waals surface area contributed by atoms with Gasteiger partial charge < -0.3 is 15.4 Å². The predicted molar refractivity (Wildman–Crippen MR) is 146 cm³/mol. The van der Waals surface area contributed by atoms with Gasteiger partial charge in [0.05, 0.1) is 17.6 Å². The van der Waals surface area contributed by atoms with Gasteiger partial charge in [-0.2, -0.15) is 5.10 Å². The van der Waals surface area contributed by atoms with Gasteiger partial charge in [-0.25, -0.2) is 9.98 Å². The quantitative estimate of drug-likeness (QED) is 0.153. The standard InChI is InChI=1S/C26H22F4N6O2S/c1-17-15-39-25(36(17)22-4-2-3-5-23(22)37-26(27,28)29)35-34-14-18-6-8-19(9-7-18)24(31)33-16-32-20-10-12-21(38-30)13-11-20/h2-14,16-17H,15H2,1H3,(H2,31,32,33)/b34-14+,35-25-. The van der Waals surface area contributed by atoms with Crippen LogP contribution in [-0.4, -0.2) is 41.7 Å². The van der Waals surface area contributed by atoms with Crippen LogP contribution in [0.15, 0.2) is 93.0 Å². The molecule has 1 atom stereocenters. The molecular weight excluding hydrogens is 536 g/mol. The molecule has 1 aliphatic heterocycles. The lowest BCUT2D eigenvalue weighted by molar-refractivity contribution is -0.274. The van der Waals surface area contributed by atoms with Crippen molar-refractivity contribution in [3.63, 3.8) is 0 Å². The van der Waals surface area contributed by atoms with Crippen LogP contribution in [-0.2, 0) is 0 Å². The molecule has 0 radical (unpaired) electrons. The number of nitrogens with two attached hydrogens (primary N) is 1. The molecule has 1 heterocycles. The Hall–Kier alpha value is -4.39. The summed E-state index contributed by atoms with van der Waals surface area (Å²) >= 11 is 1.39. The summed E-state index contributed by atoms with van der Waals surface area (Å²) in [5.41, 5.74) is 8.20. The average Bonchev–Trinajstić information content (AvgIpc) is 3.28. The number of para-hydroxylation sites is 2. The van der Waals surface area contributed by atoms with Crippen LogP contribution in [0.4, 0.5) is 29.1 Å². The highest BCUT2D eigenvalue weighted by Gasteiger charge is 2.35. The molecule has 0 aliphatic carbocycles. The Morgan fingerprint density at radius 1 is 1.05 bits per heavy atom. The summed E-state index contributed by atoms with van der Waals surface area (Å²) in [4.78, 5) is 13.5. The van der Waals surface area contributed by atoms with Crippen LogP contribution in [0.5, 0.6) is 11.5 Å². The van der Waals surface area contributed by atoms with E-state index in [2.05, 4.69) is 29.9 Å². The third kappa shape index (κ3) is 7.57. The number of anilines is 1. The molecule has 3 aromatic carbocycles. The predicted octanol–water partition coefficient (Wildman–Crippen LogP) is 6.25. The van der Waals surface area contributed by atoms with Crippen LogP contribution in [0.25, 0.3) is 0 Å². The minimum Gasteiger partial charge on any atom is -0.404 e. The van der Waals surface area contributed by atoms with Crippen molar-refractivity contribution in [1.82, 2.24) is 0 Å². The zero-order valence-electron chi connectivity index (χ0n) is 20.4. The Morgan fingerprint density at radius 3 is 2.46 bits per heavy atom. The molecule has 4 rings (SSSR count). The maximum absolute atomic E-state index is 12.9. The summed E-state index contributed by atoms with van der Waals surface area (Å²) < 4.78 is 55.0. The van der Waals surface area contributed by atoms with Crippen molar-refractivity contribution in [2.75, 3.05) is 10.7 Å². The normalized spacial score (nSPS) is 17.5. The third-order valence-electron chi connectivity index (χ3n) is 5.34. The van der Waals surface area contributed by atoms with E-state index in [1.54, 1.807) is 53.4 Å². The molecule has 13 heteroatoms. The Kier molecular flexibility index (Phi) is 8.81. The summed E-state index contributed by atoms with van der Waals surface area (Å²) in [6.45, 7) is 1.89. The van der Waals surface area contributed by atoms with Gasteiger partial charge in [0.25, 0.3) is 0 Å². The Labute approximate surface area is 225 Å². The fraction of sp³-hybridized carbons (Fsp3) is 0.154. The maximum Gasteiger partial charge on any atom is 0.573 e. The van der Waals surface area contributed by atoms with Gasteiger partial charge in [-0.15, -0.1) is 18.3 Å². The summed E-state index contributed by atoms with van der Waals surface area (Å²) in [7, 11) is 0. The molecule has 2 N–H and O–H groups in total. The SMILES string of the molecule is CC1CS/C(=N\N=C\c2ccc(C(N)=NC=Nc3ccc(OF)cc3)cc2)N1c1ccccc1OC(F)(F)F. The van der Waals surface area contributed by atoms with E-state index in [0.717, 1.165) is 5.56 Å². The molecule has 0 amide bonds. The van der Waals surface area contributed by atoms with Gasteiger partial charge in [0.15, 0.2) is 16.7 Å².